The SMILES string of the molecule is Cc1ccc(NC(=O)c2sc3nc(CSc4ccccc4C)[nH]c(=O)c3c2C)c(C)c1. The Labute approximate surface area is 188 Å². The van der Waals surface area contributed by atoms with Gasteiger partial charge in [-0.1, -0.05) is 35.9 Å². The first kappa shape index (κ1) is 21.3. The van der Waals surface area contributed by atoms with Crippen molar-refractivity contribution in [1.82, 2.24) is 9.97 Å². The molecule has 2 heterocycles. The van der Waals surface area contributed by atoms with Gasteiger partial charge < -0.3 is 10.3 Å². The second-order valence-electron chi connectivity index (χ2n) is 7.58. The highest BCUT2D eigenvalue weighted by molar-refractivity contribution is 7.98. The Morgan fingerprint density at radius 3 is 2.61 bits per heavy atom. The fraction of sp³-hybridized carbons (Fsp3) is 0.208. The van der Waals surface area contributed by atoms with Crippen molar-refractivity contribution in [3.8, 4) is 0 Å². The summed E-state index contributed by atoms with van der Waals surface area (Å²) in [5.41, 5.74) is 4.55. The normalized spacial score (nSPS) is 11.1. The van der Waals surface area contributed by atoms with Crippen LogP contribution in [0.25, 0.3) is 10.2 Å². The summed E-state index contributed by atoms with van der Waals surface area (Å²) in [6, 6.07) is 14.0. The minimum Gasteiger partial charge on any atom is -0.321 e. The van der Waals surface area contributed by atoms with Crippen LogP contribution in [-0.2, 0) is 5.75 Å². The van der Waals surface area contributed by atoms with Gasteiger partial charge in [-0.05, 0) is 56.5 Å². The van der Waals surface area contributed by atoms with Crippen LogP contribution in [0.3, 0.4) is 0 Å². The van der Waals surface area contributed by atoms with E-state index in [0.29, 0.717) is 32.2 Å². The van der Waals surface area contributed by atoms with Crippen molar-refractivity contribution >= 4 is 44.9 Å². The molecule has 5 nitrogen and oxygen atoms in total. The number of fused-ring (bicyclic) bond motifs is 1. The number of hydrogen-bond donors (Lipinski definition) is 2. The maximum absolute atomic E-state index is 12.9. The van der Waals surface area contributed by atoms with Gasteiger partial charge in [-0.25, -0.2) is 4.98 Å². The monoisotopic (exact) mass is 449 g/mol. The van der Waals surface area contributed by atoms with Gasteiger partial charge in [0.05, 0.1) is 16.0 Å². The second-order valence-corrected chi connectivity index (χ2v) is 9.59. The molecule has 2 aromatic carbocycles. The molecule has 4 aromatic rings. The summed E-state index contributed by atoms with van der Waals surface area (Å²) in [5, 5.41) is 3.46. The second kappa shape index (κ2) is 8.69. The van der Waals surface area contributed by atoms with E-state index in [1.54, 1.807) is 18.7 Å². The van der Waals surface area contributed by atoms with E-state index in [9.17, 15) is 9.59 Å². The molecular formula is C24H23N3O2S2. The van der Waals surface area contributed by atoms with Crippen molar-refractivity contribution in [3.05, 3.63) is 85.8 Å². The van der Waals surface area contributed by atoms with Crippen molar-refractivity contribution in [2.45, 2.75) is 38.3 Å². The smallest absolute Gasteiger partial charge is 0.266 e. The molecular weight excluding hydrogens is 426 g/mol. The van der Waals surface area contributed by atoms with Gasteiger partial charge in [-0.15, -0.1) is 23.1 Å². The quantitative estimate of drug-likeness (QED) is 0.380. The lowest BCUT2D eigenvalue weighted by Crippen LogP contribution is -2.13. The first-order valence-corrected chi connectivity index (χ1v) is 11.7. The molecule has 0 saturated carbocycles. The number of hydrogen-bond acceptors (Lipinski definition) is 5. The zero-order valence-electron chi connectivity index (χ0n) is 17.8. The maximum atomic E-state index is 12.9. The van der Waals surface area contributed by atoms with Crippen LogP contribution in [0.15, 0.2) is 52.2 Å². The van der Waals surface area contributed by atoms with E-state index in [0.717, 1.165) is 21.7 Å². The topological polar surface area (TPSA) is 74.8 Å². The molecule has 4 rings (SSSR count). The lowest BCUT2D eigenvalue weighted by Gasteiger charge is -2.08. The van der Waals surface area contributed by atoms with Gasteiger partial charge in [-0.3, -0.25) is 9.59 Å². The highest BCUT2D eigenvalue weighted by atomic mass is 32.2. The van der Waals surface area contributed by atoms with Gasteiger partial charge in [0.15, 0.2) is 0 Å². The van der Waals surface area contributed by atoms with Gasteiger partial charge in [0.1, 0.15) is 10.7 Å². The van der Waals surface area contributed by atoms with Gasteiger partial charge in [-0.2, -0.15) is 0 Å². The van der Waals surface area contributed by atoms with Crippen LogP contribution < -0.4 is 10.9 Å². The average Bonchev–Trinajstić information content (AvgIpc) is 3.06. The third-order valence-electron chi connectivity index (χ3n) is 5.14. The van der Waals surface area contributed by atoms with Crippen LogP contribution in [0.5, 0.6) is 0 Å². The molecule has 31 heavy (non-hydrogen) atoms. The number of nitrogens with zero attached hydrogens (tertiary/aromatic N) is 1. The first-order chi connectivity index (χ1) is 14.8. The van der Waals surface area contributed by atoms with E-state index >= 15 is 0 Å². The van der Waals surface area contributed by atoms with E-state index < -0.39 is 0 Å². The van der Waals surface area contributed by atoms with Crippen molar-refractivity contribution in [2.24, 2.45) is 0 Å². The lowest BCUT2D eigenvalue weighted by molar-refractivity contribution is 0.103. The molecule has 0 aliphatic heterocycles. The van der Waals surface area contributed by atoms with E-state index in [1.165, 1.54) is 16.9 Å². The molecule has 0 aliphatic rings. The van der Waals surface area contributed by atoms with Crippen LogP contribution in [0, 0.1) is 27.7 Å². The molecule has 7 heteroatoms. The number of amides is 1. The Morgan fingerprint density at radius 1 is 1.10 bits per heavy atom. The molecule has 158 valence electrons. The van der Waals surface area contributed by atoms with Crippen LogP contribution in [0.2, 0.25) is 0 Å². The van der Waals surface area contributed by atoms with Crippen molar-refractivity contribution < 1.29 is 4.79 Å². The molecule has 0 aliphatic carbocycles. The number of aromatic nitrogens is 2. The lowest BCUT2D eigenvalue weighted by atomic mass is 10.1. The average molecular weight is 450 g/mol. The Bertz CT molecular complexity index is 1350. The Hall–Kier alpha value is -2.90. The van der Waals surface area contributed by atoms with E-state index in [1.807, 2.05) is 44.2 Å². The van der Waals surface area contributed by atoms with Gasteiger partial charge in [0, 0.05) is 10.6 Å². The fourth-order valence-electron chi connectivity index (χ4n) is 3.47. The Kier molecular flexibility index (Phi) is 5.98. The first-order valence-electron chi connectivity index (χ1n) is 9.93. The summed E-state index contributed by atoms with van der Waals surface area (Å²) < 4.78 is 0. The summed E-state index contributed by atoms with van der Waals surface area (Å²) in [5.74, 6) is 0.938. The largest absolute Gasteiger partial charge is 0.321 e. The summed E-state index contributed by atoms with van der Waals surface area (Å²) in [6.45, 7) is 7.84. The van der Waals surface area contributed by atoms with Gasteiger partial charge >= 0.3 is 0 Å². The third kappa shape index (κ3) is 4.43. The van der Waals surface area contributed by atoms with Crippen LogP contribution in [0.1, 0.15) is 37.7 Å². The number of anilines is 1. The zero-order valence-corrected chi connectivity index (χ0v) is 19.5. The third-order valence-corrected chi connectivity index (χ3v) is 7.52. The molecule has 0 bridgehead atoms. The molecule has 0 saturated heterocycles. The number of rotatable bonds is 5. The number of thioether (sulfide) groups is 1. The summed E-state index contributed by atoms with van der Waals surface area (Å²) in [6.07, 6.45) is 0. The van der Waals surface area contributed by atoms with E-state index in [4.69, 9.17) is 0 Å². The molecule has 2 aromatic heterocycles. The number of thiophene rings is 1. The van der Waals surface area contributed by atoms with E-state index in [-0.39, 0.29) is 11.5 Å². The minimum atomic E-state index is -0.220. The van der Waals surface area contributed by atoms with Crippen LogP contribution in [0.4, 0.5) is 5.69 Å². The van der Waals surface area contributed by atoms with E-state index in [2.05, 4.69) is 34.3 Å². The number of H-pyrrole nitrogens is 1. The van der Waals surface area contributed by atoms with Crippen molar-refractivity contribution in [1.29, 1.82) is 0 Å². The summed E-state index contributed by atoms with van der Waals surface area (Å²) in [4.78, 5) is 35.5. The molecule has 1 amide bonds. The number of aryl methyl sites for hydroxylation is 4. The van der Waals surface area contributed by atoms with Gasteiger partial charge in [0.2, 0.25) is 0 Å². The number of carbonyl (C=O) groups is 1. The predicted octanol–water partition coefficient (Wildman–Crippen LogP) is 5.76. The predicted molar refractivity (Wildman–Crippen MR) is 130 cm³/mol. The van der Waals surface area contributed by atoms with Crippen molar-refractivity contribution in [2.75, 3.05) is 5.32 Å². The highest BCUT2D eigenvalue weighted by Gasteiger charge is 2.20. The number of carbonyl (C=O) groups excluding carboxylic acids is 1. The van der Waals surface area contributed by atoms with Crippen LogP contribution >= 0.6 is 23.1 Å². The number of aromatic amines is 1. The zero-order chi connectivity index (χ0) is 22.1. The number of benzene rings is 2. The fourth-order valence-corrected chi connectivity index (χ4v) is 5.47. The standard InChI is InChI=1S/C24H23N3O2S2/c1-13-9-10-17(15(3)11-13)25-23(29)21-16(4)20-22(28)26-19(27-24(20)31-21)12-30-18-8-6-5-7-14(18)2/h5-11H,12H2,1-4H3,(H,25,29)(H,26,27,28). The molecule has 0 atom stereocenters. The Morgan fingerprint density at radius 2 is 1.87 bits per heavy atom. The maximum Gasteiger partial charge on any atom is 0.266 e. The summed E-state index contributed by atoms with van der Waals surface area (Å²) >= 11 is 2.89. The van der Waals surface area contributed by atoms with Gasteiger partial charge in [0.25, 0.3) is 11.5 Å². The van der Waals surface area contributed by atoms with Crippen LogP contribution in [-0.4, -0.2) is 15.9 Å². The number of nitrogens with one attached hydrogen (secondary N) is 2. The Balaban J connectivity index is 1.62. The molecule has 0 unspecified atom stereocenters. The molecule has 0 spiro atoms. The molecule has 2 N–H and O–H groups in total. The summed E-state index contributed by atoms with van der Waals surface area (Å²) in [7, 11) is 0. The van der Waals surface area contributed by atoms with Crippen molar-refractivity contribution in [3.63, 3.8) is 0 Å². The highest BCUT2D eigenvalue weighted by Crippen LogP contribution is 2.30. The minimum absolute atomic E-state index is 0.204. The molecule has 0 fully saturated rings. The molecule has 0 radical (unpaired) electrons.